The fourth-order valence-electron chi connectivity index (χ4n) is 3.59. The van der Waals surface area contributed by atoms with Crippen LogP contribution >= 0.6 is 15.9 Å². The largest absolute Gasteiger partial charge is 0.335 e. The van der Waals surface area contributed by atoms with Gasteiger partial charge in [0.1, 0.15) is 11.4 Å². The van der Waals surface area contributed by atoms with E-state index in [2.05, 4.69) is 21.2 Å². The van der Waals surface area contributed by atoms with Crippen LogP contribution in [0.4, 0.5) is 14.9 Å². The van der Waals surface area contributed by atoms with Crippen molar-refractivity contribution in [2.45, 2.75) is 20.3 Å². The first-order chi connectivity index (χ1) is 15.7. The summed E-state index contributed by atoms with van der Waals surface area (Å²) < 4.78 is 14.2. The first-order valence-electron chi connectivity index (χ1n) is 10.2. The molecule has 1 saturated heterocycles. The van der Waals surface area contributed by atoms with Gasteiger partial charge in [-0.3, -0.25) is 14.9 Å². The summed E-state index contributed by atoms with van der Waals surface area (Å²) in [5.74, 6) is -1.73. The fraction of sp³-hybridized carbons (Fsp3) is 0.115. The number of carbonyl (C=O) groups is 3. The Balaban J connectivity index is 1.63. The van der Waals surface area contributed by atoms with Gasteiger partial charge in [-0.05, 0) is 84.5 Å². The summed E-state index contributed by atoms with van der Waals surface area (Å²) in [6.07, 6.45) is 1.97. The van der Waals surface area contributed by atoms with Crippen molar-refractivity contribution < 1.29 is 18.8 Å². The number of rotatable bonds is 4. The monoisotopic (exact) mass is 506 g/mol. The molecule has 3 aromatic rings. The number of amides is 4. The number of imide groups is 2. The van der Waals surface area contributed by atoms with E-state index in [9.17, 15) is 18.8 Å². The number of aryl methyl sites for hydroxylation is 2. The highest BCUT2D eigenvalue weighted by atomic mass is 79.9. The van der Waals surface area contributed by atoms with E-state index in [4.69, 9.17) is 0 Å². The molecule has 1 fully saturated rings. The van der Waals surface area contributed by atoms with Crippen molar-refractivity contribution in [2.75, 3.05) is 4.90 Å². The zero-order valence-corrected chi connectivity index (χ0v) is 19.6. The number of nitrogens with zero attached hydrogens (tertiary/aromatic N) is 1. The second-order valence-electron chi connectivity index (χ2n) is 7.88. The van der Waals surface area contributed by atoms with Crippen molar-refractivity contribution in [1.82, 2.24) is 5.32 Å². The Hall–Kier alpha value is -3.58. The van der Waals surface area contributed by atoms with Crippen LogP contribution in [-0.2, 0) is 16.0 Å². The van der Waals surface area contributed by atoms with Crippen LogP contribution in [0.15, 0.2) is 70.7 Å². The number of halogens is 2. The van der Waals surface area contributed by atoms with E-state index < -0.39 is 17.8 Å². The zero-order valence-electron chi connectivity index (χ0n) is 18.0. The summed E-state index contributed by atoms with van der Waals surface area (Å²) >= 11 is 3.52. The van der Waals surface area contributed by atoms with Gasteiger partial charge in [0.15, 0.2) is 0 Å². The van der Waals surface area contributed by atoms with Gasteiger partial charge >= 0.3 is 6.03 Å². The van der Waals surface area contributed by atoms with E-state index in [-0.39, 0.29) is 11.4 Å². The van der Waals surface area contributed by atoms with Crippen LogP contribution in [0, 0.1) is 19.7 Å². The number of benzene rings is 3. The number of nitrogens with one attached hydrogen (secondary N) is 1. The van der Waals surface area contributed by atoms with Crippen LogP contribution in [0.5, 0.6) is 0 Å². The molecule has 7 heteroatoms. The van der Waals surface area contributed by atoms with Crippen molar-refractivity contribution in [2.24, 2.45) is 0 Å². The lowest BCUT2D eigenvalue weighted by atomic mass is 10.0. The van der Waals surface area contributed by atoms with Gasteiger partial charge in [0.25, 0.3) is 11.8 Å². The lowest BCUT2D eigenvalue weighted by molar-refractivity contribution is -0.122. The highest BCUT2D eigenvalue weighted by Crippen LogP contribution is 2.26. The summed E-state index contributed by atoms with van der Waals surface area (Å²) in [7, 11) is 0. The number of hydrogen-bond donors (Lipinski definition) is 1. The Kier molecular flexibility index (Phi) is 6.24. The molecule has 0 bridgehead atoms. The molecule has 0 atom stereocenters. The molecule has 1 aliphatic heterocycles. The standard InChI is InChI=1S/C26H20BrFN2O3/c1-15-6-9-21(10-16(15)2)30-25(32)22(24(31)29-26(30)33)13-18-7-8-19(23(27)14-18)11-17-4-3-5-20(28)12-17/h3-10,12-14H,11H2,1-2H3,(H,29,31,33)/b22-13+. The Morgan fingerprint density at radius 2 is 1.76 bits per heavy atom. The minimum absolute atomic E-state index is 0.141. The van der Waals surface area contributed by atoms with E-state index in [0.29, 0.717) is 17.7 Å². The molecule has 33 heavy (non-hydrogen) atoms. The minimum atomic E-state index is -0.781. The number of hydrogen-bond acceptors (Lipinski definition) is 3. The van der Waals surface area contributed by atoms with Gasteiger partial charge in [-0.25, -0.2) is 14.1 Å². The van der Waals surface area contributed by atoms with Gasteiger partial charge in [-0.1, -0.05) is 46.3 Å². The maximum absolute atomic E-state index is 13.5. The maximum atomic E-state index is 13.5. The van der Waals surface area contributed by atoms with Crippen LogP contribution in [0.1, 0.15) is 27.8 Å². The molecule has 3 aromatic carbocycles. The molecule has 0 radical (unpaired) electrons. The number of carbonyl (C=O) groups excluding carboxylic acids is 3. The molecule has 0 unspecified atom stereocenters. The van der Waals surface area contributed by atoms with Crippen LogP contribution in [0.2, 0.25) is 0 Å². The lowest BCUT2D eigenvalue weighted by Crippen LogP contribution is -2.54. The first-order valence-corrected chi connectivity index (χ1v) is 11.0. The molecule has 0 aromatic heterocycles. The van der Waals surface area contributed by atoms with Crippen molar-refractivity contribution >= 4 is 45.5 Å². The van der Waals surface area contributed by atoms with Gasteiger partial charge < -0.3 is 0 Å². The summed E-state index contributed by atoms with van der Waals surface area (Å²) in [6.45, 7) is 3.82. The minimum Gasteiger partial charge on any atom is -0.273 e. The smallest absolute Gasteiger partial charge is 0.273 e. The predicted molar refractivity (Wildman–Crippen MR) is 128 cm³/mol. The molecular formula is C26H20BrFN2O3. The van der Waals surface area contributed by atoms with Gasteiger partial charge in [-0.15, -0.1) is 0 Å². The molecule has 166 valence electrons. The van der Waals surface area contributed by atoms with Crippen molar-refractivity contribution in [3.63, 3.8) is 0 Å². The topological polar surface area (TPSA) is 66.5 Å². The Morgan fingerprint density at radius 1 is 0.970 bits per heavy atom. The Labute approximate surface area is 199 Å². The molecule has 5 nitrogen and oxygen atoms in total. The van der Waals surface area contributed by atoms with E-state index in [1.807, 2.05) is 32.0 Å². The van der Waals surface area contributed by atoms with E-state index >= 15 is 0 Å². The molecular weight excluding hydrogens is 487 g/mol. The third-order valence-electron chi connectivity index (χ3n) is 5.52. The van der Waals surface area contributed by atoms with E-state index in [1.54, 1.807) is 30.3 Å². The van der Waals surface area contributed by atoms with Gasteiger partial charge in [-0.2, -0.15) is 0 Å². The SMILES string of the molecule is Cc1ccc(N2C(=O)NC(=O)/C(=C\c3ccc(Cc4cccc(F)c4)c(Br)c3)C2=O)cc1C. The molecule has 4 amide bonds. The molecule has 4 rings (SSSR count). The highest BCUT2D eigenvalue weighted by molar-refractivity contribution is 9.10. The van der Waals surface area contributed by atoms with Crippen LogP contribution in [0.3, 0.4) is 0 Å². The molecule has 1 heterocycles. The van der Waals surface area contributed by atoms with Gasteiger partial charge in [0, 0.05) is 4.47 Å². The number of barbiturate groups is 1. The summed E-state index contributed by atoms with van der Waals surface area (Å²) in [5, 5.41) is 2.24. The quantitative estimate of drug-likeness (QED) is 0.377. The average Bonchev–Trinajstić information content (AvgIpc) is 2.75. The molecule has 0 aliphatic carbocycles. The second-order valence-corrected chi connectivity index (χ2v) is 8.74. The third-order valence-corrected chi connectivity index (χ3v) is 6.26. The van der Waals surface area contributed by atoms with Gasteiger partial charge in [0.2, 0.25) is 0 Å². The highest BCUT2D eigenvalue weighted by Gasteiger charge is 2.36. The maximum Gasteiger partial charge on any atom is 0.335 e. The molecule has 0 spiro atoms. The zero-order chi connectivity index (χ0) is 23.7. The molecule has 1 N–H and O–H groups in total. The number of anilines is 1. The molecule has 0 saturated carbocycles. The summed E-state index contributed by atoms with van der Waals surface area (Å²) in [4.78, 5) is 38.9. The second kappa shape index (κ2) is 9.11. The van der Waals surface area contributed by atoms with Gasteiger partial charge in [0.05, 0.1) is 5.69 Å². The lowest BCUT2D eigenvalue weighted by Gasteiger charge is -2.26. The van der Waals surface area contributed by atoms with Crippen molar-refractivity contribution in [3.05, 3.63) is 104 Å². The van der Waals surface area contributed by atoms with E-state index in [1.165, 1.54) is 18.2 Å². The summed E-state index contributed by atoms with van der Waals surface area (Å²) in [6, 6.07) is 16.2. The first kappa shape index (κ1) is 22.6. The van der Waals surface area contributed by atoms with Crippen LogP contribution in [-0.4, -0.2) is 17.8 Å². The molecule has 1 aliphatic rings. The predicted octanol–water partition coefficient (Wildman–Crippen LogP) is 5.46. The van der Waals surface area contributed by atoms with Crippen LogP contribution in [0.25, 0.3) is 6.08 Å². The van der Waals surface area contributed by atoms with E-state index in [0.717, 1.165) is 31.6 Å². The average molecular weight is 507 g/mol. The Bertz CT molecular complexity index is 1330. The number of urea groups is 1. The van der Waals surface area contributed by atoms with Crippen molar-refractivity contribution in [1.29, 1.82) is 0 Å². The Morgan fingerprint density at radius 3 is 2.45 bits per heavy atom. The normalized spacial score (nSPS) is 15.2. The van der Waals surface area contributed by atoms with Crippen molar-refractivity contribution in [3.8, 4) is 0 Å². The van der Waals surface area contributed by atoms with Crippen LogP contribution < -0.4 is 10.2 Å². The fourth-order valence-corrected chi connectivity index (χ4v) is 4.12. The summed E-state index contributed by atoms with van der Waals surface area (Å²) in [5.41, 5.74) is 4.56. The third kappa shape index (κ3) is 4.78.